The van der Waals surface area contributed by atoms with Gasteiger partial charge in [0.25, 0.3) is 0 Å². The van der Waals surface area contributed by atoms with Crippen LogP contribution in [0.5, 0.6) is 0 Å². The number of likely N-dealkylation sites (N-methyl/N-ethyl adjacent to an activating group) is 1. The number of halogens is 1. The van der Waals surface area contributed by atoms with Crippen LogP contribution in [-0.2, 0) is 9.53 Å². The summed E-state index contributed by atoms with van der Waals surface area (Å²) < 4.78 is 5.89. The average Bonchev–Trinajstić information content (AvgIpc) is 2.53. The Hall–Kier alpha value is -2.03. The van der Waals surface area contributed by atoms with Crippen LogP contribution in [0, 0.1) is 11.3 Å². The molecule has 0 N–H and O–H groups in total. The van der Waals surface area contributed by atoms with E-state index in [-0.39, 0.29) is 18.0 Å². The number of hydrogen-bond donors (Lipinski definition) is 0. The second-order valence-corrected chi connectivity index (χ2v) is 6.58. The summed E-state index contributed by atoms with van der Waals surface area (Å²) in [5, 5.41) is 9.20. The molecule has 138 valence electrons. The summed E-state index contributed by atoms with van der Waals surface area (Å²) in [4.78, 5) is 14.2. The van der Waals surface area contributed by atoms with Gasteiger partial charge in [-0.05, 0) is 37.6 Å². The Morgan fingerprint density at radius 1 is 1.20 bits per heavy atom. The van der Waals surface area contributed by atoms with Crippen molar-refractivity contribution < 1.29 is 26.4 Å². The maximum atomic E-state index is 12.0. The van der Waals surface area contributed by atoms with E-state index in [1.165, 1.54) is 0 Å². The zero-order valence-electron chi connectivity index (χ0n) is 15.8. The molecule has 0 saturated carbocycles. The highest BCUT2D eigenvalue weighted by Crippen LogP contribution is 2.17. The van der Waals surface area contributed by atoms with Gasteiger partial charge in [0, 0.05) is 18.8 Å². The van der Waals surface area contributed by atoms with Crippen molar-refractivity contribution in [1.29, 1.82) is 5.26 Å². The van der Waals surface area contributed by atoms with Crippen LogP contribution in [0.4, 0.5) is 5.69 Å². The Bertz CT molecular complexity index is 609. The highest BCUT2D eigenvalue weighted by Gasteiger charge is 2.13. The SMILES string of the molecule is CCN(CC)c1ccc(/C=C(\C#N)C(=O)OCC[N+](C)(C)C)cc1.[Cl-]. The summed E-state index contributed by atoms with van der Waals surface area (Å²) in [7, 11) is 6.06. The van der Waals surface area contributed by atoms with Gasteiger partial charge in [0.2, 0.25) is 0 Å². The Balaban J connectivity index is 0.00000576. The van der Waals surface area contributed by atoms with Crippen molar-refractivity contribution >= 4 is 17.7 Å². The summed E-state index contributed by atoms with van der Waals surface area (Å²) in [5.41, 5.74) is 1.96. The van der Waals surface area contributed by atoms with Crippen LogP contribution in [0.1, 0.15) is 19.4 Å². The highest BCUT2D eigenvalue weighted by molar-refractivity contribution is 5.97. The topological polar surface area (TPSA) is 53.3 Å². The van der Waals surface area contributed by atoms with Crippen molar-refractivity contribution in [3.8, 4) is 6.07 Å². The molecule has 0 heterocycles. The van der Waals surface area contributed by atoms with Gasteiger partial charge < -0.3 is 26.5 Å². The van der Waals surface area contributed by atoms with Gasteiger partial charge >= 0.3 is 5.97 Å². The Labute approximate surface area is 157 Å². The second-order valence-electron chi connectivity index (χ2n) is 6.58. The molecule has 0 aliphatic carbocycles. The lowest BCUT2D eigenvalue weighted by atomic mass is 10.1. The third-order valence-corrected chi connectivity index (χ3v) is 3.67. The summed E-state index contributed by atoms with van der Waals surface area (Å²) >= 11 is 0. The number of nitriles is 1. The molecule has 0 radical (unpaired) electrons. The molecule has 0 unspecified atom stereocenters. The van der Waals surface area contributed by atoms with Gasteiger partial charge in [-0.1, -0.05) is 12.1 Å². The normalized spacial score (nSPS) is 11.3. The molecule has 0 aliphatic rings. The summed E-state index contributed by atoms with van der Waals surface area (Å²) in [6, 6.07) is 9.74. The molecule has 1 aromatic rings. The average molecular weight is 366 g/mol. The first-order valence-corrected chi connectivity index (χ1v) is 8.25. The summed E-state index contributed by atoms with van der Waals surface area (Å²) in [5.74, 6) is -0.571. The van der Waals surface area contributed by atoms with Crippen molar-refractivity contribution in [2.75, 3.05) is 52.3 Å². The molecule has 0 saturated heterocycles. The maximum absolute atomic E-state index is 12.0. The zero-order valence-corrected chi connectivity index (χ0v) is 16.5. The van der Waals surface area contributed by atoms with Crippen molar-refractivity contribution in [3.63, 3.8) is 0 Å². The monoisotopic (exact) mass is 365 g/mol. The molecule has 0 bridgehead atoms. The number of rotatable bonds is 8. The second kappa shape index (κ2) is 10.8. The maximum Gasteiger partial charge on any atom is 0.349 e. The largest absolute Gasteiger partial charge is 1.00 e. The quantitative estimate of drug-likeness (QED) is 0.274. The third kappa shape index (κ3) is 8.06. The van der Waals surface area contributed by atoms with E-state index in [1.807, 2.05) is 51.5 Å². The Morgan fingerprint density at radius 3 is 2.20 bits per heavy atom. The van der Waals surface area contributed by atoms with Crippen LogP contribution in [0.2, 0.25) is 0 Å². The number of benzene rings is 1. The van der Waals surface area contributed by atoms with Gasteiger partial charge in [0.15, 0.2) is 0 Å². The number of hydrogen-bond acceptors (Lipinski definition) is 4. The molecule has 0 aliphatic heterocycles. The molecular weight excluding hydrogens is 338 g/mol. The van der Waals surface area contributed by atoms with Gasteiger partial charge in [-0.15, -0.1) is 0 Å². The van der Waals surface area contributed by atoms with Crippen LogP contribution in [-0.4, -0.2) is 57.8 Å². The fourth-order valence-electron chi connectivity index (χ4n) is 2.16. The van der Waals surface area contributed by atoms with Crippen LogP contribution in [0.25, 0.3) is 6.08 Å². The first-order valence-electron chi connectivity index (χ1n) is 8.25. The van der Waals surface area contributed by atoms with Gasteiger partial charge in [0.05, 0.1) is 21.1 Å². The Morgan fingerprint density at radius 2 is 1.76 bits per heavy atom. The first kappa shape index (κ1) is 23.0. The van der Waals surface area contributed by atoms with Crippen molar-refractivity contribution in [3.05, 3.63) is 35.4 Å². The number of esters is 1. The smallest absolute Gasteiger partial charge is 0.349 e. The standard InChI is InChI=1S/C19H28N3O2.ClH/c1-6-21(7-2)18-10-8-16(9-11-18)14-17(15-20)19(23)24-13-12-22(3,4)5;/h8-11,14H,6-7,12-13H2,1-5H3;1H/q+1;/p-1/b17-14+;. The minimum Gasteiger partial charge on any atom is -1.00 e. The van der Waals surface area contributed by atoms with Crippen LogP contribution < -0.4 is 17.3 Å². The lowest BCUT2D eigenvalue weighted by molar-refractivity contribution is -0.870. The molecule has 0 spiro atoms. The molecule has 0 amide bonds. The number of carbonyl (C=O) groups is 1. The Kier molecular flexibility index (Phi) is 9.88. The predicted octanol–water partition coefficient (Wildman–Crippen LogP) is -0.307. The van der Waals surface area contributed by atoms with Gasteiger partial charge in [-0.2, -0.15) is 5.26 Å². The molecule has 0 aromatic heterocycles. The minimum atomic E-state index is -0.571. The summed E-state index contributed by atoms with van der Waals surface area (Å²) in [6.07, 6.45) is 1.57. The number of carbonyl (C=O) groups excluding carboxylic acids is 1. The van der Waals surface area contributed by atoms with Crippen LogP contribution in [0.3, 0.4) is 0 Å². The number of ether oxygens (including phenoxy) is 1. The van der Waals surface area contributed by atoms with Crippen molar-refractivity contribution in [2.45, 2.75) is 13.8 Å². The predicted molar refractivity (Wildman–Crippen MR) is 97.5 cm³/mol. The fourth-order valence-corrected chi connectivity index (χ4v) is 2.16. The molecule has 5 nitrogen and oxygen atoms in total. The van der Waals surface area contributed by atoms with Gasteiger partial charge in [0.1, 0.15) is 24.8 Å². The van der Waals surface area contributed by atoms with E-state index in [1.54, 1.807) is 6.08 Å². The van der Waals surface area contributed by atoms with Crippen LogP contribution >= 0.6 is 0 Å². The van der Waals surface area contributed by atoms with E-state index < -0.39 is 5.97 Å². The molecule has 0 atom stereocenters. The molecule has 1 rings (SSSR count). The number of anilines is 1. The molecule has 1 aromatic carbocycles. The van der Waals surface area contributed by atoms with Gasteiger partial charge in [-0.3, -0.25) is 0 Å². The lowest BCUT2D eigenvalue weighted by Gasteiger charge is -2.23. The van der Waals surface area contributed by atoms with Crippen LogP contribution in [0.15, 0.2) is 29.8 Å². The third-order valence-electron chi connectivity index (χ3n) is 3.67. The van der Waals surface area contributed by atoms with E-state index in [2.05, 4.69) is 18.7 Å². The molecule has 0 fully saturated rings. The van der Waals surface area contributed by atoms with Crippen molar-refractivity contribution in [2.24, 2.45) is 0 Å². The van der Waals surface area contributed by atoms with E-state index in [4.69, 9.17) is 4.74 Å². The summed E-state index contributed by atoms with van der Waals surface area (Å²) in [6.45, 7) is 7.08. The zero-order chi connectivity index (χ0) is 18.2. The highest BCUT2D eigenvalue weighted by atomic mass is 35.5. The van der Waals surface area contributed by atoms with E-state index >= 15 is 0 Å². The molecular formula is C19H28ClN3O2. The van der Waals surface area contributed by atoms with E-state index in [9.17, 15) is 10.1 Å². The lowest BCUT2D eigenvalue weighted by Crippen LogP contribution is -3.00. The minimum absolute atomic E-state index is 0. The number of quaternary nitrogens is 1. The fraction of sp³-hybridized carbons (Fsp3) is 0.474. The van der Waals surface area contributed by atoms with Gasteiger partial charge in [-0.25, -0.2) is 4.79 Å². The molecule has 6 heteroatoms. The molecule has 25 heavy (non-hydrogen) atoms. The van der Waals surface area contributed by atoms with Crippen molar-refractivity contribution in [1.82, 2.24) is 0 Å². The van der Waals surface area contributed by atoms with E-state index in [0.717, 1.165) is 24.3 Å². The van der Waals surface area contributed by atoms with E-state index in [0.29, 0.717) is 17.6 Å². The first-order chi connectivity index (χ1) is 11.3. The number of nitrogens with zero attached hydrogens (tertiary/aromatic N) is 3.